The Morgan fingerprint density at radius 2 is 1.94 bits per heavy atom. The van der Waals surface area contributed by atoms with Crippen molar-refractivity contribution in [3.63, 3.8) is 0 Å². The Kier molecular flexibility index (Phi) is 2.67. The van der Waals surface area contributed by atoms with Crippen molar-refractivity contribution in [2.75, 3.05) is 0 Å². The van der Waals surface area contributed by atoms with Gasteiger partial charge in [0, 0.05) is 6.04 Å². The topological polar surface area (TPSA) is 49.7 Å². The Bertz CT molecular complexity index is 552. The molecule has 4 nitrogen and oxygen atoms in total. The maximum atomic E-state index is 12.2. The second kappa shape index (κ2) is 3.75. The minimum Gasteiger partial charge on any atom is -0.237 e. The van der Waals surface area contributed by atoms with Crippen LogP contribution in [-0.2, 0) is 10.0 Å². The molecule has 0 aromatic heterocycles. The van der Waals surface area contributed by atoms with Gasteiger partial charge < -0.3 is 0 Å². The maximum Gasteiger partial charge on any atom is 0.268 e. The third kappa shape index (κ3) is 1.60. The number of hydrogen-bond donors (Lipinski definition) is 0. The van der Waals surface area contributed by atoms with Gasteiger partial charge >= 0.3 is 0 Å². The lowest BCUT2D eigenvalue weighted by molar-refractivity contribution is 0.472. The first-order chi connectivity index (χ1) is 7.44. The number of nitrogens with zero attached hydrogens (tertiary/aromatic N) is 2. The lowest BCUT2D eigenvalue weighted by Gasteiger charge is -2.29. The first-order valence-corrected chi connectivity index (χ1v) is 6.64. The zero-order valence-electron chi connectivity index (χ0n) is 8.88. The molecule has 1 aromatic carbocycles. The summed E-state index contributed by atoms with van der Waals surface area (Å²) < 4.78 is 25.6. The van der Waals surface area contributed by atoms with Crippen LogP contribution in [-0.4, -0.2) is 24.1 Å². The predicted molar refractivity (Wildman–Crippen MR) is 63.6 cm³/mol. The summed E-state index contributed by atoms with van der Waals surface area (Å²) in [5, 5.41) is -0.00583. The highest BCUT2D eigenvalue weighted by molar-refractivity contribution is 7.90. The van der Waals surface area contributed by atoms with E-state index in [2.05, 4.69) is 4.99 Å². The summed E-state index contributed by atoms with van der Waals surface area (Å²) in [5.41, 5.74) is 0.393. The first kappa shape index (κ1) is 11.4. The van der Waals surface area contributed by atoms with Crippen molar-refractivity contribution < 1.29 is 8.42 Å². The average molecular weight is 259 g/mol. The van der Waals surface area contributed by atoms with Crippen LogP contribution in [0.15, 0.2) is 34.2 Å². The van der Waals surface area contributed by atoms with Crippen molar-refractivity contribution in [1.82, 2.24) is 4.31 Å². The van der Waals surface area contributed by atoms with E-state index in [1.165, 1.54) is 6.07 Å². The van der Waals surface area contributed by atoms with Crippen molar-refractivity contribution in [2.45, 2.75) is 24.8 Å². The van der Waals surface area contributed by atoms with E-state index in [0.717, 1.165) is 4.31 Å². The van der Waals surface area contributed by atoms with Crippen LogP contribution in [0.4, 0.5) is 5.69 Å². The summed E-state index contributed by atoms with van der Waals surface area (Å²) in [7, 11) is -3.56. The van der Waals surface area contributed by atoms with Crippen molar-refractivity contribution in [3.05, 3.63) is 24.3 Å². The van der Waals surface area contributed by atoms with Gasteiger partial charge in [0.2, 0.25) is 5.29 Å². The SMILES string of the molecule is CC(C)N1C(Cl)=Nc2ccccc2S1(=O)=O. The van der Waals surface area contributed by atoms with E-state index in [1.807, 2.05) is 0 Å². The van der Waals surface area contributed by atoms with Gasteiger partial charge in [-0.05, 0) is 37.6 Å². The van der Waals surface area contributed by atoms with Crippen LogP contribution in [0.1, 0.15) is 13.8 Å². The Labute approximate surface area is 99.6 Å². The Balaban J connectivity index is 2.71. The molecule has 0 spiro atoms. The molecule has 0 amide bonds. The molecule has 6 heteroatoms. The van der Waals surface area contributed by atoms with E-state index >= 15 is 0 Å². The summed E-state index contributed by atoms with van der Waals surface area (Å²) in [6.45, 7) is 3.51. The third-order valence-electron chi connectivity index (χ3n) is 2.27. The van der Waals surface area contributed by atoms with Crippen LogP contribution in [0.3, 0.4) is 0 Å². The highest BCUT2D eigenvalue weighted by Gasteiger charge is 2.34. The molecule has 0 unspecified atom stereocenters. The number of halogens is 1. The van der Waals surface area contributed by atoms with Crippen molar-refractivity contribution in [1.29, 1.82) is 0 Å². The maximum absolute atomic E-state index is 12.2. The fourth-order valence-corrected chi connectivity index (χ4v) is 3.81. The summed E-state index contributed by atoms with van der Waals surface area (Å²) in [6.07, 6.45) is 0. The van der Waals surface area contributed by atoms with Crippen molar-refractivity contribution >= 4 is 32.6 Å². The normalized spacial score (nSPS) is 18.2. The molecule has 1 aliphatic rings. The lowest BCUT2D eigenvalue weighted by atomic mass is 10.3. The quantitative estimate of drug-likeness (QED) is 0.726. The fraction of sp³-hybridized carbons (Fsp3) is 0.300. The first-order valence-electron chi connectivity index (χ1n) is 4.82. The third-order valence-corrected chi connectivity index (χ3v) is 4.65. The number of benzene rings is 1. The van der Waals surface area contributed by atoms with E-state index in [0.29, 0.717) is 5.69 Å². The lowest BCUT2D eigenvalue weighted by Crippen LogP contribution is -2.41. The number of amidine groups is 1. The summed E-state index contributed by atoms with van der Waals surface area (Å²) in [4.78, 5) is 4.27. The van der Waals surface area contributed by atoms with Crippen molar-refractivity contribution in [3.8, 4) is 0 Å². The van der Waals surface area contributed by atoms with Gasteiger partial charge in [0.05, 0.1) is 5.69 Å². The monoisotopic (exact) mass is 258 g/mol. The van der Waals surface area contributed by atoms with Gasteiger partial charge in [-0.15, -0.1) is 0 Å². The second-order valence-corrected chi connectivity index (χ2v) is 5.86. The van der Waals surface area contributed by atoms with Crippen molar-refractivity contribution in [2.24, 2.45) is 4.99 Å². The smallest absolute Gasteiger partial charge is 0.237 e. The standard InChI is InChI=1S/C10H11ClN2O2S/c1-7(2)13-10(11)12-8-5-3-4-6-9(8)16(13,14)15/h3-7H,1-2H3. The largest absolute Gasteiger partial charge is 0.268 e. The van der Waals surface area contributed by atoms with Gasteiger partial charge in [-0.25, -0.2) is 17.7 Å². The molecule has 16 heavy (non-hydrogen) atoms. The minimum absolute atomic E-state index is 0.00583. The fourth-order valence-electron chi connectivity index (χ4n) is 1.61. The summed E-state index contributed by atoms with van der Waals surface area (Å²) in [5.74, 6) is 0. The second-order valence-electron chi connectivity index (χ2n) is 3.74. The summed E-state index contributed by atoms with van der Waals surface area (Å²) in [6, 6.07) is 6.31. The van der Waals surface area contributed by atoms with E-state index < -0.39 is 10.0 Å². The van der Waals surface area contributed by atoms with Gasteiger partial charge in [0.15, 0.2) is 0 Å². The molecular weight excluding hydrogens is 248 g/mol. The summed E-state index contributed by atoms with van der Waals surface area (Å²) >= 11 is 5.89. The predicted octanol–water partition coefficient (Wildman–Crippen LogP) is 2.33. The van der Waals surface area contributed by atoms with Gasteiger partial charge in [-0.2, -0.15) is 0 Å². The van der Waals surface area contributed by atoms with Crippen LogP contribution in [0.5, 0.6) is 0 Å². The zero-order chi connectivity index (χ0) is 11.9. The molecule has 0 N–H and O–H groups in total. The highest BCUT2D eigenvalue weighted by atomic mass is 35.5. The van der Waals surface area contributed by atoms with Crippen LogP contribution in [0.2, 0.25) is 0 Å². The molecule has 1 heterocycles. The van der Waals surface area contributed by atoms with E-state index in [1.54, 1.807) is 32.0 Å². The number of rotatable bonds is 1. The van der Waals surface area contributed by atoms with E-state index in [4.69, 9.17) is 11.6 Å². The van der Waals surface area contributed by atoms with Crippen LogP contribution < -0.4 is 0 Å². The van der Waals surface area contributed by atoms with Gasteiger partial charge in [0.25, 0.3) is 10.0 Å². The molecule has 0 radical (unpaired) electrons. The molecule has 0 atom stereocenters. The van der Waals surface area contributed by atoms with Gasteiger partial charge in [-0.1, -0.05) is 12.1 Å². The number of sulfonamides is 1. The average Bonchev–Trinajstić information content (AvgIpc) is 2.15. The Morgan fingerprint density at radius 1 is 1.31 bits per heavy atom. The van der Waals surface area contributed by atoms with Crippen LogP contribution in [0.25, 0.3) is 0 Å². The highest BCUT2D eigenvalue weighted by Crippen LogP contribution is 2.33. The van der Waals surface area contributed by atoms with Crippen LogP contribution in [0, 0.1) is 0 Å². The van der Waals surface area contributed by atoms with Gasteiger partial charge in [0.1, 0.15) is 4.90 Å². The molecule has 0 saturated heterocycles. The van der Waals surface area contributed by atoms with Gasteiger partial charge in [-0.3, -0.25) is 0 Å². The zero-order valence-corrected chi connectivity index (χ0v) is 10.5. The molecule has 86 valence electrons. The molecule has 0 aliphatic carbocycles. The number of aliphatic imine (C=N–C) groups is 1. The minimum atomic E-state index is -3.56. The number of fused-ring (bicyclic) bond motifs is 1. The molecule has 1 aliphatic heterocycles. The molecule has 0 saturated carbocycles. The molecule has 0 bridgehead atoms. The number of hydrogen-bond acceptors (Lipinski definition) is 3. The Morgan fingerprint density at radius 3 is 2.56 bits per heavy atom. The van der Waals surface area contributed by atoms with E-state index in [-0.39, 0.29) is 16.2 Å². The molecular formula is C10H11ClN2O2S. The number of para-hydroxylation sites is 1. The Hall–Kier alpha value is -1.07. The molecule has 2 rings (SSSR count). The molecule has 0 fully saturated rings. The van der Waals surface area contributed by atoms with Crippen LogP contribution >= 0.6 is 11.6 Å². The van der Waals surface area contributed by atoms with E-state index in [9.17, 15) is 8.42 Å². The molecule has 1 aromatic rings.